The third-order valence-electron chi connectivity index (χ3n) is 11.6. The van der Waals surface area contributed by atoms with Crippen LogP contribution in [0.1, 0.15) is 258 Å². The van der Waals surface area contributed by atoms with Gasteiger partial charge in [0.2, 0.25) is 0 Å². The number of carbonyl (C=O) groups is 3. The van der Waals surface area contributed by atoms with Crippen molar-refractivity contribution in [2.75, 3.05) is 13.2 Å². The van der Waals surface area contributed by atoms with E-state index in [9.17, 15) is 14.4 Å². The van der Waals surface area contributed by atoms with Crippen molar-refractivity contribution in [3.63, 3.8) is 0 Å². The minimum absolute atomic E-state index is 0.0947. The van der Waals surface area contributed by atoms with Gasteiger partial charge in [-0.25, -0.2) is 0 Å². The summed E-state index contributed by atoms with van der Waals surface area (Å²) >= 11 is 0. The van der Waals surface area contributed by atoms with Gasteiger partial charge < -0.3 is 14.2 Å². The lowest BCUT2D eigenvalue weighted by molar-refractivity contribution is -0.166. The van der Waals surface area contributed by atoms with Gasteiger partial charge in [-0.1, -0.05) is 228 Å². The van der Waals surface area contributed by atoms with Gasteiger partial charge in [-0.3, -0.25) is 14.4 Å². The average molecular weight is 919 g/mol. The van der Waals surface area contributed by atoms with Gasteiger partial charge in [0.15, 0.2) is 6.10 Å². The number of ether oxygens (including phenoxy) is 3. The fourth-order valence-corrected chi connectivity index (χ4v) is 7.51. The second kappa shape index (κ2) is 54.2. The number of esters is 3. The molecule has 0 aromatic carbocycles. The van der Waals surface area contributed by atoms with E-state index in [1.165, 1.54) is 135 Å². The Morgan fingerprint density at radius 3 is 0.985 bits per heavy atom. The summed E-state index contributed by atoms with van der Waals surface area (Å²) in [4.78, 5) is 38.0. The summed E-state index contributed by atoms with van der Waals surface area (Å²) < 4.78 is 16.7. The van der Waals surface area contributed by atoms with E-state index in [2.05, 4.69) is 93.7 Å². The van der Waals surface area contributed by atoms with Gasteiger partial charge in [0.05, 0.1) is 6.42 Å². The van der Waals surface area contributed by atoms with Gasteiger partial charge in [0, 0.05) is 12.8 Å². The Kier molecular flexibility index (Phi) is 51.4. The highest BCUT2D eigenvalue weighted by atomic mass is 16.6. The number of hydrogen-bond donors (Lipinski definition) is 0. The van der Waals surface area contributed by atoms with E-state index in [4.69, 9.17) is 14.2 Å². The van der Waals surface area contributed by atoms with Gasteiger partial charge in [-0.05, 0) is 96.3 Å². The molecule has 0 N–H and O–H groups in total. The lowest BCUT2D eigenvalue weighted by Crippen LogP contribution is -2.30. The fourth-order valence-electron chi connectivity index (χ4n) is 7.51. The standard InChI is InChI=1S/C60H102O6/c1-4-7-10-13-16-19-22-25-28-29-30-31-33-35-38-41-44-47-50-53-59(62)65-56-57(55-64-58(61)52-49-46-43-40-37-34-27-24-21-18-15-12-9-6-3)66-60(63)54-51-48-45-42-39-36-32-26-23-20-17-14-11-8-5-2/h8,11,17,20,24-28,32,39,42,48,51,57H,4-7,9-10,12-16,18-19,21-23,29-31,33-38,40-41,43-47,49-50,52-56H2,1-3H3/b11-8-,20-17-,27-24-,28-25-,32-26-,42-39-,51-48-. The highest BCUT2D eigenvalue weighted by molar-refractivity contribution is 5.72. The van der Waals surface area contributed by atoms with Crippen molar-refractivity contribution in [3.8, 4) is 0 Å². The Labute approximate surface area is 407 Å². The predicted molar refractivity (Wildman–Crippen MR) is 284 cm³/mol. The van der Waals surface area contributed by atoms with E-state index in [1.807, 2.05) is 6.08 Å². The van der Waals surface area contributed by atoms with E-state index in [1.54, 1.807) is 6.08 Å². The van der Waals surface area contributed by atoms with Gasteiger partial charge >= 0.3 is 17.9 Å². The van der Waals surface area contributed by atoms with E-state index in [-0.39, 0.29) is 31.6 Å². The Hall–Kier alpha value is -3.41. The second-order valence-corrected chi connectivity index (χ2v) is 18.1. The number of allylic oxidation sites excluding steroid dienone is 13. The molecular weight excluding hydrogens is 817 g/mol. The van der Waals surface area contributed by atoms with Crippen LogP contribution >= 0.6 is 0 Å². The first-order valence-corrected chi connectivity index (χ1v) is 27.6. The monoisotopic (exact) mass is 919 g/mol. The first-order valence-electron chi connectivity index (χ1n) is 27.6. The van der Waals surface area contributed by atoms with Crippen LogP contribution in [0.15, 0.2) is 85.1 Å². The molecule has 0 saturated heterocycles. The van der Waals surface area contributed by atoms with Crippen molar-refractivity contribution < 1.29 is 28.6 Å². The summed E-state index contributed by atoms with van der Waals surface area (Å²) in [5.74, 6) is -1.06. The normalized spacial score (nSPS) is 12.7. The lowest BCUT2D eigenvalue weighted by Gasteiger charge is -2.18. The molecule has 6 nitrogen and oxygen atoms in total. The Morgan fingerprint density at radius 2 is 0.636 bits per heavy atom. The van der Waals surface area contributed by atoms with Crippen molar-refractivity contribution in [2.24, 2.45) is 0 Å². The van der Waals surface area contributed by atoms with Crippen LogP contribution in [0.25, 0.3) is 0 Å². The van der Waals surface area contributed by atoms with Crippen LogP contribution in [-0.2, 0) is 28.6 Å². The molecule has 0 aliphatic carbocycles. The van der Waals surface area contributed by atoms with Crippen LogP contribution in [-0.4, -0.2) is 37.2 Å². The molecule has 0 fully saturated rings. The molecule has 0 spiro atoms. The van der Waals surface area contributed by atoms with Crippen LogP contribution in [0.5, 0.6) is 0 Å². The zero-order chi connectivity index (χ0) is 47.9. The second-order valence-electron chi connectivity index (χ2n) is 18.1. The zero-order valence-corrected chi connectivity index (χ0v) is 43.2. The molecule has 0 saturated carbocycles. The number of unbranched alkanes of at least 4 members (excludes halogenated alkanes) is 25. The molecule has 378 valence electrons. The third-order valence-corrected chi connectivity index (χ3v) is 11.6. The number of hydrogen-bond acceptors (Lipinski definition) is 6. The molecule has 1 atom stereocenters. The number of carbonyl (C=O) groups excluding carboxylic acids is 3. The number of rotatable bonds is 49. The molecule has 0 rings (SSSR count). The van der Waals surface area contributed by atoms with Gasteiger partial charge in [0.1, 0.15) is 13.2 Å². The maximum absolute atomic E-state index is 12.8. The molecule has 0 aliphatic rings. The summed E-state index contributed by atoms with van der Waals surface area (Å²) in [6.07, 6.45) is 70.2. The van der Waals surface area contributed by atoms with Crippen LogP contribution in [0.4, 0.5) is 0 Å². The van der Waals surface area contributed by atoms with Crippen molar-refractivity contribution in [1.29, 1.82) is 0 Å². The van der Waals surface area contributed by atoms with Crippen molar-refractivity contribution in [1.82, 2.24) is 0 Å². The van der Waals surface area contributed by atoms with Gasteiger partial charge in [0.25, 0.3) is 0 Å². The van der Waals surface area contributed by atoms with Crippen LogP contribution in [0.3, 0.4) is 0 Å². The Bertz CT molecular complexity index is 1290. The molecule has 6 heteroatoms. The molecule has 0 aromatic rings. The molecule has 0 bridgehead atoms. The molecule has 1 unspecified atom stereocenters. The summed E-state index contributed by atoms with van der Waals surface area (Å²) in [6, 6.07) is 0. The molecule has 0 heterocycles. The summed E-state index contributed by atoms with van der Waals surface area (Å²) in [7, 11) is 0. The topological polar surface area (TPSA) is 78.9 Å². The molecular formula is C60H102O6. The van der Waals surface area contributed by atoms with Crippen LogP contribution in [0, 0.1) is 0 Å². The first-order chi connectivity index (χ1) is 32.5. The Morgan fingerprint density at radius 1 is 0.333 bits per heavy atom. The van der Waals surface area contributed by atoms with Crippen molar-refractivity contribution in [3.05, 3.63) is 85.1 Å². The van der Waals surface area contributed by atoms with Gasteiger partial charge in [-0.15, -0.1) is 0 Å². The summed E-state index contributed by atoms with van der Waals surface area (Å²) in [5, 5.41) is 0. The molecule has 0 aliphatic heterocycles. The lowest BCUT2D eigenvalue weighted by atomic mass is 10.1. The fraction of sp³-hybridized carbons (Fsp3) is 0.717. The SMILES string of the molecule is CC/C=C\C/C=C\C/C=C\C/C=C\C/C=C\CC(=O)OC(COC(=O)CCCCCCC/C=C\CCCCCCC)COC(=O)CCCCCCCCCCC/C=C\CCCCCCCC. The highest BCUT2D eigenvalue weighted by Crippen LogP contribution is 2.14. The van der Waals surface area contributed by atoms with E-state index in [0.29, 0.717) is 12.8 Å². The molecule has 0 aromatic heterocycles. The van der Waals surface area contributed by atoms with Gasteiger partial charge in [-0.2, -0.15) is 0 Å². The minimum Gasteiger partial charge on any atom is -0.462 e. The molecule has 0 amide bonds. The zero-order valence-electron chi connectivity index (χ0n) is 43.2. The average Bonchev–Trinajstić information content (AvgIpc) is 3.31. The maximum atomic E-state index is 12.8. The van der Waals surface area contributed by atoms with E-state index < -0.39 is 12.1 Å². The van der Waals surface area contributed by atoms with Crippen LogP contribution < -0.4 is 0 Å². The predicted octanol–water partition coefficient (Wildman–Crippen LogP) is 18.4. The summed E-state index contributed by atoms with van der Waals surface area (Å²) in [6.45, 7) is 6.43. The van der Waals surface area contributed by atoms with Crippen molar-refractivity contribution >= 4 is 17.9 Å². The quantitative estimate of drug-likeness (QED) is 0.0262. The third kappa shape index (κ3) is 51.6. The van der Waals surface area contributed by atoms with Crippen molar-refractivity contribution in [2.45, 2.75) is 264 Å². The summed E-state index contributed by atoms with van der Waals surface area (Å²) in [5.41, 5.74) is 0. The smallest absolute Gasteiger partial charge is 0.310 e. The molecule has 0 radical (unpaired) electrons. The first kappa shape index (κ1) is 62.6. The highest BCUT2D eigenvalue weighted by Gasteiger charge is 2.19. The van der Waals surface area contributed by atoms with Crippen LogP contribution in [0.2, 0.25) is 0 Å². The Balaban J connectivity index is 4.47. The van der Waals surface area contributed by atoms with E-state index in [0.717, 1.165) is 83.5 Å². The molecule has 66 heavy (non-hydrogen) atoms. The maximum Gasteiger partial charge on any atom is 0.310 e. The largest absolute Gasteiger partial charge is 0.462 e. The minimum atomic E-state index is -0.835. The van der Waals surface area contributed by atoms with E-state index >= 15 is 0 Å².